The monoisotopic (exact) mass is 413 g/mol. The molecule has 1 unspecified atom stereocenters. The summed E-state index contributed by atoms with van der Waals surface area (Å²) >= 11 is 0. The Balaban J connectivity index is 1.80. The van der Waals surface area contributed by atoms with E-state index < -0.39 is 11.6 Å². The molecule has 6 nitrogen and oxygen atoms in total. The fourth-order valence-electron chi connectivity index (χ4n) is 3.93. The van der Waals surface area contributed by atoms with Gasteiger partial charge in [-0.3, -0.25) is 5.10 Å². The van der Waals surface area contributed by atoms with Crippen LogP contribution in [0.15, 0.2) is 31.1 Å². The van der Waals surface area contributed by atoms with Crippen molar-refractivity contribution in [1.82, 2.24) is 20.0 Å². The van der Waals surface area contributed by atoms with Crippen LogP contribution in [-0.2, 0) is 6.54 Å². The zero-order valence-electron chi connectivity index (χ0n) is 17.4. The van der Waals surface area contributed by atoms with E-state index in [2.05, 4.69) is 35.7 Å². The van der Waals surface area contributed by atoms with Gasteiger partial charge in [-0.25, -0.2) is 13.5 Å². The standard InChI is InChI=1S/C22H25F2N5O/c1-5-13(2)16-11-25-27-21(16)17-12-26-29-8-6-7-28(22(17)29)14(3)20-18(23)9-15(30-4)10-19(20)24/h9-13H,3,5-8H2,1-2,4H3,(H,25,27). The van der Waals surface area contributed by atoms with Crippen LogP contribution in [0.5, 0.6) is 5.75 Å². The lowest BCUT2D eigenvalue weighted by Crippen LogP contribution is -2.31. The van der Waals surface area contributed by atoms with Gasteiger partial charge in [0.05, 0.1) is 36.3 Å². The maximum atomic E-state index is 14.7. The fourth-order valence-corrected chi connectivity index (χ4v) is 3.93. The van der Waals surface area contributed by atoms with Gasteiger partial charge in [0.1, 0.15) is 23.2 Å². The number of aromatic nitrogens is 4. The van der Waals surface area contributed by atoms with Crippen molar-refractivity contribution in [2.24, 2.45) is 0 Å². The number of hydrogen-bond donors (Lipinski definition) is 1. The van der Waals surface area contributed by atoms with E-state index in [0.29, 0.717) is 12.5 Å². The number of nitrogens with zero attached hydrogens (tertiary/aromatic N) is 4. The number of halogens is 2. The Morgan fingerprint density at radius 1 is 1.27 bits per heavy atom. The molecule has 0 radical (unpaired) electrons. The van der Waals surface area contributed by atoms with Crippen LogP contribution in [0.4, 0.5) is 14.6 Å². The molecule has 1 atom stereocenters. The zero-order valence-corrected chi connectivity index (χ0v) is 17.4. The van der Waals surface area contributed by atoms with Crippen LogP contribution >= 0.6 is 0 Å². The van der Waals surface area contributed by atoms with Crippen molar-refractivity contribution < 1.29 is 13.5 Å². The molecule has 8 heteroatoms. The molecule has 0 fully saturated rings. The number of rotatable bonds is 6. The Labute approximate surface area is 174 Å². The Kier molecular flexibility index (Phi) is 5.32. The minimum absolute atomic E-state index is 0.126. The van der Waals surface area contributed by atoms with Crippen LogP contribution in [0.1, 0.15) is 43.7 Å². The van der Waals surface area contributed by atoms with Gasteiger partial charge in [-0.1, -0.05) is 20.4 Å². The van der Waals surface area contributed by atoms with Gasteiger partial charge in [-0.2, -0.15) is 10.2 Å². The molecule has 0 saturated carbocycles. The highest BCUT2D eigenvalue weighted by molar-refractivity contribution is 5.86. The van der Waals surface area contributed by atoms with Gasteiger partial charge in [0, 0.05) is 36.5 Å². The van der Waals surface area contributed by atoms with Crippen molar-refractivity contribution in [2.75, 3.05) is 18.6 Å². The number of aromatic amines is 1. The molecule has 3 heterocycles. The predicted molar refractivity (Wildman–Crippen MR) is 112 cm³/mol. The summed E-state index contributed by atoms with van der Waals surface area (Å²) in [5, 5.41) is 11.8. The van der Waals surface area contributed by atoms with Crippen LogP contribution in [0, 0.1) is 11.6 Å². The molecule has 2 aromatic heterocycles. The van der Waals surface area contributed by atoms with Crippen molar-refractivity contribution >= 4 is 11.5 Å². The normalized spacial score (nSPS) is 14.5. The number of aryl methyl sites for hydroxylation is 1. The number of nitrogens with one attached hydrogen (secondary N) is 1. The maximum Gasteiger partial charge on any atom is 0.140 e. The molecule has 158 valence electrons. The first-order chi connectivity index (χ1) is 14.5. The third kappa shape index (κ3) is 3.26. The average Bonchev–Trinajstić information content (AvgIpc) is 3.38. The summed E-state index contributed by atoms with van der Waals surface area (Å²) in [7, 11) is 1.37. The molecular formula is C22H25F2N5O. The quantitative estimate of drug-likeness (QED) is 0.621. The largest absolute Gasteiger partial charge is 0.497 e. The maximum absolute atomic E-state index is 14.7. The Morgan fingerprint density at radius 3 is 2.67 bits per heavy atom. The SMILES string of the molecule is C=C(c1c(F)cc(OC)cc1F)N1CCCn2ncc(-c3[nH]ncc3C(C)CC)c21. The van der Waals surface area contributed by atoms with Crippen molar-refractivity contribution in [3.8, 4) is 17.0 Å². The zero-order chi connectivity index (χ0) is 21.4. The minimum Gasteiger partial charge on any atom is -0.497 e. The van der Waals surface area contributed by atoms with E-state index in [9.17, 15) is 8.78 Å². The molecule has 1 N–H and O–H groups in total. The van der Waals surface area contributed by atoms with E-state index in [1.54, 1.807) is 6.20 Å². The first-order valence-corrected chi connectivity index (χ1v) is 10.1. The highest BCUT2D eigenvalue weighted by Gasteiger charge is 2.29. The smallest absolute Gasteiger partial charge is 0.140 e. The number of H-pyrrole nitrogens is 1. The number of anilines is 1. The summed E-state index contributed by atoms with van der Waals surface area (Å²) in [6.07, 6.45) is 5.36. The topological polar surface area (TPSA) is 59.0 Å². The third-order valence-electron chi connectivity index (χ3n) is 5.77. The number of hydrogen-bond acceptors (Lipinski definition) is 4. The molecule has 1 aromatic carbocycles. The lowest BCUT2D eigenvalue weighted by Gasteiger charge is -2.32. The summed E-state index contributed by atoms with van der Waals surface area (Å²) in [6, 6.07) is 2.34. The van der Waals surface area contributed by atoms with Crippen LogP contribution < -0.4 is 9.64 Å². The van der Waals surface area contributed by atoms with E-state index in [1.807, 2.05) is 15.8 Å². The molecule has 30 heavy (non-hydrogen) atoms. The van der Waals surface area contributed by atoms with E-state index in [-0.39, 0.29) is 17.0 Å². The van der Waals surface area contributed by atoms with Gasteiger partial charge >= 0.3 is 0 Å². The molecule has 0 saturated heterocycles. The van der Waals surface area contributed by atoms with Gasteiger partial charge in [-0.05, 0) is 18.8 Å². The van der Waals surface area contributed by atoms with Crippen molar-refractivity contribution in [3.05, 3.63) is 53.9 Å². The van der Waals surface area contributed by atoms with Crippen LogP contribution in [0.3, 0.4) is 0 Å². The predicted octanol–water partition coefficient (Wildman–Crippen LogP) is 4.95. The molecular weight excluding hydrogens is 388 g/mol. The van der Waals surface area contributed by atoms with Gasteiger partial charge < -0.3 is 9.64 Å². The first-order valence-electron chi connectivity index (χ1n) is 10.1. The molecule has 4 rings (SSSR count). The number of ether oxygens (including phenoxy) is 1. The van der Waals surface area contributed by atoms with Gasteiger partial charge in [0.25, 0.3) is 0 Å². The van der Waals surface area contributed by atoms with Crippen LogP contribution in [0.2, 0.25) is 0 Å². The number of methoxy groups -OCH3 is 1. The minimum atomic E-state index is -0.711. The molecule has 3 aromatic rings. The van der Waals surface area contributed by atoms with Crippen molar-refractivity contribution in [1.29, 1.82) is 0 Å². The highest BCUT2D eigenvalue weighted by Crippen LogP contribution is 2.40. The van der Waals surface area contributed by atoms with Gasteiger partial charge in [0.2, 0.25) is 0 Å². The molecule has 0 aliphatic carbocycles. The van der Waals surface area contributed by atoms with E-state index in [4.69, 9.17) is 4.74 Å². The lowest BCUT2D eigenvalue weighted by atomic mass is 9.96. The second-order valence-corrected chi connectivity index (χ2v) is 7.53. The van der Waals surface area contributed by atoms with Crippen LogP contribution in [-0.4, -0.2) is 33.6 Å². The molecule has 1 aliphatic rings. The summed E-state index contributed by atoms with van der Waals surface area (Å²) in [4.78, 5) is 1.83. The summed E-state index contributed by atoms with van der Waals surface area (Å²) in [5.74, 6) is -0.226. The van der Waals surface area contributed by atoms with Crippen LogP contribution in [0.25, 0.3) is 17.0 Å². The van der Waals surface area contributed by atoms with Gasteiger partial charge in [0.15, 0.2) is 0 Å². The number of benzene rings is 1. The summed E-state index contributed by atoms with van der Waals surface area (Å²) < 4.78 is 36.3. The van der Waals surface area contributed by atoms with E-state index in [0.717, 1.165) is 42.0 Å². The highest BCUT2D eigenvalue weighted by atomic mass is 19.1. The molecule has 1 aliphatic heterocycles. The molecule has 0 amide bonds. The Hall–Kier alpha value is -3.16. The second-order valence-electron chi connectivity index (χ2n) is 7.53. The average molecular weight is 413 g/mol. The summed E-state index contributed by atoms with van der Waals surface area (Å²) in [5.41, 5.74) is 2.90. The van der Waals surface area contributed by atoms with Crippen molar-refractivity contribution in [3.63, 3.8) is 0 Å². The Bertz CT molecular complexity index is 1060. The Morgan fingerprint density at radius 2 is 2.00 bits per heavy atom. The van der Waals surface area contributed by atoms with Gasteiger partial charge in [-0.15, -0.1) is 0 Å². The number of fused-ring (bicyclic) bond motifs is 1. The first kappa shape index (κ1) is 20.1. The summed E-state index contributed by atoms with van der Waals surface area (Å²) in [6.45, 7) is 9.60. The molecule has 0 spiro atoms. The van der Waals surface area contributed by atoms with Crippen molar-refractivity contribution in [2.45, 2.75) is 39.2 Å². The lowest BCUT2D eigenvalue weighted by molar-refractivity contribution is 0.406. The van der Waals surface area contributed by atoms with E-state index in [1.165, 1.54) is 19.2 Å². The third-order valence-corrected chi connectivity index (χ3v) is 5.77. The molecule has 0 bridgehead atoms. The second kappa shape index (κ2) is 7.93. The fraction of sp³-hybridized carbons (Fsp3) is 0.364. The van der Waals surface area contributed by atoms with E-state index >= 15 is 0 Å².